The SMILES string of the molecule is O=C(O)[C@H]1O[C@@H](Oc2ccc3c(=O)c(-c4ccc(O)cc4)coc3c2[C@@H]2O[C@H](CO)[C@@H](O)[C@H](O)[C@H]2O)[C@H](O)[C@@H](O)[C@@H]1O. The van der Waals surface area contributed by atoms with E-state index < -0.39 is 79.2 Å². The molecule has 10 atom stereocenters. The van der Waals surface area contributed by atoms with Crippen molar-refractivity contribution in [3.8, 4) is 22.6 Å². The van der Waals surface area contributed by atoms with Crippen molar-refractivity contribution < 1.29 is 69.4 Å². The zero-order valence-electron chi connectivity index (χ0n) is 21.5. The third-order valence-electron chi connectivity index (χ3n) is 7.35. The molecule has 0 saturated carbocycles. The summed E-state index contributed by atoms with van der Waals surface area (Å²) in [4.78, 5) is 25.1. The van der Waals surface area contributed by atoms with Crippen LogP contribution in [0.4, 0.5) is 0 Å². The van der Waals surface area contributed by atoms with Crippen molar-refractivity contribution >= 4 is 16.9 Å². The summed E-state index contributed by atoms with van der Waals surface area (Å²) in [5, 5.41) is 90.9. The highest BCUT2D eigenvalue weighted by atomic mass is 16.7. The predicted octanol–water partition coefficient (Wildman–Crippen LogP) is -2.05. The van der Waals surface area contributed by atoms with Gasteiger partial charge in [0, 0.05) is 0 Å². The minimum absolute atomic E-state index is 0.0366. The normalized spacial score (nSPS) is 33.4. The van der Waals surface area contributed by atoms with E-state index in [4.69, 9.17) is 18.6 Å². The van der Waals surface area contributed by atoms with E-state index in [9.17, 15) is 55.5 Å². The molecule has 0 bridgehead atoms. The average Bonchev–Trinajstić information content (AvgIpc) is 2.97. The molecule has 2 saturated heterocycles. The summed E-state index contributed by atoms with van der Waals surface area (Å²) in [6, 6.07) is 8.11. The molecular formula is C27H28O15. The first-order valence-corrected chi connectivity index (χ1v) is 12.7. The van der Waals surface area contributed by atoms with Crippen molar-refractivity contribution in [3.05, 3.63) is 58.4 Å². The zero-order valence-corrected chi connectivity index (χ0v) is 21.5. The van der Waals surface area contributed by atoms with Gasteiger partial charge in [0.05, 0.1) is 23.1 Å². The smallest absolute Gasteiger partial charge is 0.335 e. The van der Waals surface area contributed by atoms with E-state index in [-0.39, 0.29) is 33.6 Å². The lowest BCUT2D eigenvalue weighted by Crippen LogP contribution is -2.61. The number of phenols is 1. The highest BCUT2D eigenvalue weighted by Crippen LogP contribution is 2.42. The van der Waals surface area contributed by atoms with Crippen LogP contribution in [0.3, 0.4) is 0 Å². The van der Waals surface area contributed by atoms with Crippen molar-refractivity contribution in [2.45, 2.75) is 61.2 Å². The molecule has 0 radical (unpaired) electrons. The lowest BCUT2D eigenvalue weighted by Gasteiger charge is -2.41. The van der Waals surface area contributed by atoms with Crippen LogP contribution in [0, 0.1) is 0 Å². The molecule has 9 N–H and O–H groups in total. The largest absolute Gasteiger partial charge is 0.508 e. The topological polar surface area (TPSA) is 257 Å². The maximum atomic E-state index is 13.5. The molecule has 226 valence electrons. The quantitative estimate of drug-likeness (QED) is 0.149. The zero-order chi connectivity index (χ0) is 30.5. The summed E-state index contributed by atoms with van der Waals surface area (Å²) >= 11 is 0. The van der Waals surface area contributed by atoms with Gasteiger partial charge in [0.25, 0.3) is 0 Å². The molecule has 2 aliphatic rings. The first-order valence-electron chi connectivity index (χ1n) is 12.7. The highest BCUT2D eigenvalue weighted by molar-refractivity contribution is 5.86. The number of fused-ring (bicyclic) bond motifs is 1. The number of carbonyl (C=O) groups is 1. The molecule has 15 heteroatoms. The molecule has 15 nitrogen and oxygen atoms in total. The number of carboxylic acids is 1. The molecule has 3 heterocycles. The number of benzene rings is 2. The lowest BCUT2D eigenvalue weighted by molar-refractivity contribution is -0.271. The van der Waals surface area contributed by atoms with E-state index in [0.717, 1.165) is 6.26 Å². The molecule has 2 fully saturated rings. The fourth-order valence-electron chi connectivity index (χ4n) is 5.03. The molecule has 2 aliphatic heterocycles. The second-order valence-electron chi connectivity index (χ2n) is 9.98. The Morgan fingerprint density at radius 2 is 1.50 bits per heavy atom. The number of ether oxygens (including phenoxy) is 3. The van der Waals surface area contributed by atoms with Crippen LogP contribution in [-0.2, 0) is 14.3 Å². The van der Waals surface area contributed by atoms with Crippen LogP contribution >= 0.6 is 0 Å². The summed E-state index contributed by atoms with van der Waals surface area (Å²) in [7, 11) is 0. The third kappa shape index (κ3) is 5.11. The summed E-state index contributed by atoms with van der Waals surface area (Å²) in [5.41, 5.74) is -0.586. The number of rotatable bonds is 6. The third-order valence-corrected chi connectivity index (χ3v) is 7.35. The fraction of sp³-hybridized carbons (Fsp3) is 0.407. The number of hydrogen-bond acceptors (Lipinski definition) is 14. The summed E-state index contributed by atoms with van der Waals surface area (Å²) in [6.07, 6.45) is -17.3. The molecule has 0 unspecified atom stereocenters. The highest BCUT2D eigenvalue weighted by Gasteiger charge is 2.50. The van der Waals surface area contributed by atoms with E-state index in [1.807, 2.05) is 0 Å². The van der Waals surface area contributed by atoms with E-state index in [1.54, 1.807) is 0 Å². The maximum Gasteiger partial charge on any atom is 0.335 e. The van der Waals surface area contributed by atoms with Crippen molar-refractivity contribution in [2.24, 2.45) is 0 Å². The van der Waals surface area contributed by atoms with Gasteiger partial charge < -0.3 is 64.6 Å². The van der Waals surface area contributed by atoms with Gasteiger partial charge in [0.1, 0.15) is 72.2 Å². The van der Waals surface area contributed by atoms with Crippen LogP contribution in [0.15, 0.2) is 51.9 Å². The Morgan fingerprint density at radius 1 is 0.833 bits per heavy atom. The van der Waals surface area contributed by atoms with Crippen molar-refractivity contribution in [1.82, 2.24) is 0 Å². The van der Waals surface area contributed by atoms with Crippen LogP contribution in [-0.4, -0.2) is 114 Å². The van der Waals surface area contributed by atoms with E-state index in [0.29, 0.717) is 5.56 Å². The number of aromatic hydroxyl groups is 1. The van der Waals surface area contributed by atoms with Crippen molar-refractivity contribution in [1.29, 1.82) is 0 Å². The first-order chi connectivity index (χ1) is 19.9. The summed E-state index contributed by atoms with van der Waals surface area (Å²) in [6.45, 7) is -0.786. The molecule has 3 aromatic rings. The van der Waals surface area contributed by atoms with Gasteiger partial charge in [-0.25, -0.2) is 4.79 Å². The van der Waals surface area contributed by atoms with Crippen LogP contribution in [0.1, 0.15) is 11.7 Å². The van der Waals surface area contributed by atoms with E-state index in [2.05, 4.69) is 0 Å². The minimum Gasteiger partial charge on any atom is -0.508 e. The van der Waals surface area contributed by atoms with Gasteiger partial charge >= 0.3 is 5.97 Å². The van der Waals surface area contributed by atoms with Crippen molar-refractivity contribution in [3.63, 3.8) is 0 Å². The van der Waals surface area contributed by atoms with Gasteiger partial charge in [0.15, 0.2) is 6.10 Å². The first kappa shape index (κ1) is 29.8. The molecule has 0 aliphatic carbocycles. The number of hydrogen-bond donors (Lipinski definition) is 9. The van der Waals surface area contributed by atoms with Gasteiger partial charge in [-0.1, -0.05) is 12.1 Å². The molecule has 0 spiro atoms. The monoisotopic (exact) mass is 592 g/mol. The molecule has 2 aromatic carbocycles. The number of phenolic OH excluding ortho intramolecular Hbond substituents is 1. The lowest BCUT2D eigenvalue weighted by atomic mass is 9.89. The van der Waals surface area contributed by atoms with E-state index in [1.165, 1.54) is 36.4 Å². The van der Waals surface area contributed by atoms with Gasteiger partial charge in [0.2, 0.25) is 11.7 Å². The van der Waals surface area contributed by atoms with E-state index >= 15 is 0 Å². The number of carboxylic acid groups (broad SMARTS) is 1. The minimum atomic E-state index is -2.01. The summed E-state index contributed by atoms with van der Waals surface area (Å²) in [5.74, 6) is -2.03. The standard InChI is InChI=1S/C27H28O15/c28-7-14-17(31)18(32)20(34)24(40-14)15-13(41-27-22(36)19(33)21(35)25(42-27)26(37)38)6-5-11-16(30)12(8-39-23(11)15)9-1-3-10(29)4-2-9/h1-6,8,14,17-22,24-25,27-29,31-36H,7H2,(H,37,38)/t14-,17-,18+,19+,20-,21+,22-,24+,25+,27-/m1/s1. The van der Waals surface area contributed by atoms with Gasteiger partial charge in [-0.3, -0.25) is 4.79 Å². The Bertz CT molecular complexity index is 1500. The molecule has 5 rings (SSSR count). The number of aliphatic hydroxyl groups excluding tert-OH is 7. The molecule has 42 heavy (non-hydrogen) atoms. The maximum absolute atomic E-state index is 13.5. The number of aliphatic carboxylic acids is 1. The van der Waals surface area contributed by atoms with Gasteiger partial charge in [-0.2, -0.15) is 0 Å². The average molecular weight is 593 g/mol. The van der Waals surface area contributed by atoms with Crippen molar-refractivity contribution in [2.75, 3.05) is 6.61 Å². The van der Waals surface area contributed by atoms with Crippen LogP contribution < -0.4 is 10.2 Å². The Balaban J connectivity index is 1.66. The Labute approximate surface area is 235 Å². The second kappa shape index (κ2) is 11.6. The second-order valence-corrected chi connectivity index (χ2v) is 9.98. The Hall–Kier alpha value is -3.64. The molecule has 1 aromatic heterocycles. The van der Waals surface area contributed by atoms with Crippen LogP contribution in [0.5, 0.6) is 11.5 Å². The van der Waals surface area contributed by atoms with Crippen LogP contribution in [0.25, 0.3) is 22.1 Å². The Kier molecular flexibility index (Phi) is 8.21. The molecule has 0 amide bonds. The van der Waals surface area contributed by atoms with Crippen LogP contribution in [0.2, 0.25) is 0 Å². The fourth-order valence-corrected chi connectivity index (χ4v) is 5.03. The van der Waals surface area contributed by atoms with Gasteiger partial charge in [-0.15, -0.1) is 0 Å². The molecular weight excluding hydrogens is 564 g/mol. The predicted molar refractivity (Wildman–Crippen MR) is 137 cm³/mol. The van der Waals surface area contributed by atoms with Gasteiger partial charge in [-0.05, 0) is 29.8 Å². The Morgan fingerprint density at radius 3 is 2.14 bits per heavy atom. The number of aliphatic hydroxyl groups is 7. The summed E-state index contributed by atoms with van der Waals surface area (Å²) < 4.78 is 22.4.